The molecule has 0 spiro atoms. The number of ether oxygens (including phenoxy) is 7. The first-order valence-electron chi connectivity index (χ1n) is 34.9. The number of methoxy groups -OCH3 is 7. The number of carbonyl (C=O) groups is 7. The molecule has 5 atom stereocenters. The van der Waals surface area contributed by atoms with Crippen LogP contribution in [-0.4, -0.2) is 258 Å². The van der Waals surface area contributed by atoms with E-state index in [0.29, 0.717) is 49.4 Å². The molecule has 107 heavy (non-hydrogen) atoms. The summed E-state index contributed by atoms with van der Waals surface area (Å²) in [7, 11) is 11.9. The quantitative estimate of drug-likeness (QED) is 0.0980. The molecular formula is C86H171N7O14. The zero-order chi connectivity index (χ0) is 73.5. The van der Waals surface area contributed by atoms with Gasteiger partial charge in [-0.2, -0.15) is 0 Å². The molecule has 0 aromatic rings. The summed E-state index contributed by atoms with van der Waals surface area (Å²) in [6.07, 6.45) is 24.6. The molecular weight excluding hydrogens is 1350 g/mol. The van der Waals surface area contributed by atoms with E-state index >= 15 is 0 Å². The third kappa shape index (κ3) is 41.2. The van der Waals surface area contributed by atoms with Crippen molar-refractivity contribution in [1.29, 1.82) is 0 Å². The van der Waals surface area contributed by atoms with Gasteiger partial charge in [0, 0.05) is 149 Å². The zero-order valence-electron chi connectivity index (χ0n) is 62.9. The van der Waals surface area contributed by atoms with Gasteiger partial charge in [0.15, 0.2) is 0 Å². The molecule has 7 fully saturated rings. The Labute approximate surface area is 659 Å². The SMILES string of the molecule is C.C.C.C.C.C.C.C.C.C.C=CC(=O)N1C(C)(C)CC(COC)CC1(C)C.C=CC(=O)N1C(C)(C)CCC(COC)C1(C)C.C=CC(=O)N1CCC(COC)C1.C=CC(=O)N1CCC(COC)CC1.C=CC(=O)N1CCCC(COC)C1.C=CC(=O)N1CCCC1COC.C=CC(=O)N1CCCCC1COC. The first kappa shape index (κ1) is 122. The molecule has 634 valence electrons. The minimum absolute atomic E-state index is 0. The first-order chi connectivity index (χ1) is 45.9. The summed E-state index contributed by atoms with van der Waals surface area (Å²) in [5, 5.41) is 0. The number of likely N-dealkylation sites (tertiary alicyclic amines) is 7. The van der Waals surface area contributed by atoms with E-state index in [1.54, 1.807) is 49.8 Å². The smallest absolute Gasteiger partial charge is 0.246 e. The number of hydrogen-bond acceptors (Lipinski definition) is 14. The van der Waals surface area contributed by atoms with Gasteiger partial charge in [-0.05, 0) is 206 Å². The van der Waals surface area contributed by atoms with E-state index in [1.165, 1.54) is 49.0 Å². The highest BCUT2D eigenvalue weighted by Gasteiger charge is 2.49. The Morgan fingerprint density at radius 3 is 1.04 bits per heavy atom. The second kappa shape index (κ2) is 63.9. The lowest BCUT2D eigenvalue weighted by Gasteiger charge is -2.56. The third-order valence-corrected chi connectivity index (χ3v) is 19.4. The Bertz CT molecular complexity index is 2440. The lowest BCUT2D eigenvalue weighted by molar-refractivity contribution is -0.151. The van der Waals surface area contributed by atoms with E-state index in [0.717, 1.165) is 162 Å². The molecule has 7 rings (SSSR count). The van der Waals surface area contributed by atoms with Crippen LogP contribution in [0.2, 0.25) is 0 Å². The van der Waals surface area contributed by atoms with Gasteiger partial charge < -0.3 is 67.5 Å². The molecule has 0 aliphatic carbocycles. The summed E-state index contributed by atoms with van der Waals surface area (Å²) < 4.78 is 35.8. The van der Waals surface area contributed by atoms with Crippen LogP contribution in [0.1, 0.15) is 220 Å². The van der Waals surface area contributed by atoms with Crippen molar-refractivity contribution in [1.82, 2.24) is 34.3 Å². The highest BCUT2D eigenvalue weighted by Crippen LogP contribution is 2.43. The van der Waals surface area contributed by atoms with Crippen molar-refractivity contribution in [3.05, 3.63) is 88.6 Å². The molecule has 0 N–H and O–H groups in total. The Hall–Kier alpha value is -5.81. The van der Waals surface area contributed by atoms with Crippen LogP contribution in [0.25, 0.3) is 0 Å². The molecule has 7 aliphatic rings. The minimum atomic E-state index is -0.191. The molecule has 7 saturated heterocycles. The van der Waals surface area contributed by atoms with Gasteiger partial charge in [0.25, 0.3) is 0 Å². The summed E-state index contributed by atoms with van der Waals surface area (Å²) in [5.41, 5.74) is -0.589. The topological polar surface area (TPSA) is 207 Å². The Balaban J connectivity index is -0.000000127. The van der Waals surface area contributed by atoms with Crippen molar-refractivity contribution in [2.75, 3.05) is 148 Å². The molecule has 0 aromatic carbocycles. The molecule has 7 aliphatic heterocycles. The average molecular weight is 1530 g/mol. The predicted molar refractivity (Wildman–Crippen MR) is 455 cm³/mol. The Kier molecular flexibility index (Phi) is 73.0. The minimum Gasteiger partial charge on any atom is -0.384 e. The molecule has 21 nitrogen and oxygen atoms in total. The standard InChI is InChI=1S/2C14H25NO2.3C10H17NO2.2C9H15NO2.10CH4/c1-7-12(16)15-13(2,3)8-11(10-17-6)9-14(15,4)5;1-7-12(16)15-13(2,3)9-8-11(10-17-6)14(15,4)5;1-3-10(12)11-6-4-9(5-7-11)8-13-2;1-3-10(12)11-6-4-5-9(7-11)8-13-2;1-3-10(12)11-7-5-4-6-9(11)8-13-2;1-3-9(11)10-5-4-8(6-10)7-12-2;1-3-9(11)10-6-4-5-8(10)7-12-2;;;;;;;;;;/h2*7,11H,1,8-10H2,2-6H3;3*3,9H,1,4-8H2,2H3;2*3,8H,1,4-7H2,2H3;10*1H4. The largest absolute Gasteiger partial charge is 0.384 e. The molecule has 0 saturated carbocycles. The van der Waals surface area contributed by atoms with Crippen molar-refractivity contribution < 1.29 is 66.7 Å². The summed E-state index contributed by atoms with van der Waals surface area (Å²) in [6.45, 7) is 53.4. The number of carbonyl (C=O) groups excluding carboxylic acids is 7. The average Bonchev–Trinajstić information content (AvgIpc) is 1.26. The molecule has 0 radical (unpaired) electrons. The molecule has 7 amide bonds. The van der Waals surface area contributed by atoms with Gasteiger partial charge in [0.2, 0.25) is 41.4 Å². The first-order valence-corrected chi connectivity index (χ1v) is 34.9. The molecule has 0 bridgehead atoms. The molecule has 7 heterocycles. The van der Waals surface area contributed by atoms with E-state index in [-0.39, 0.29) is 150 Å². The van der Waals surface area contributed by atoms with Gasteiger partial charge in [-0.25, -0.2) is 0 Å². The number of amides is 7. The lowest BCUT2D eigenvalue weighted by Crippen LogP contribution is -2.64. The zero-order valence-corrected chi connectivity index (χ0v) is 62.9. The van der Waals surface area contributed by atoms with Crippen LogP contribution in [0, 0.1) is 29.6 Å². The van der Waals surface area contributed by atoms with Crippen LogP contribution in [0.15, 0.2) is 88.6 Å². The fourth-order valence-corrected chi connectivity index (χ4v) is 15.0. The van der Waals surface area contributed by atoms with Crippen LogP contribution >= 0.6 is 0 Å². The highest BCUT2D eigenvalue weighted by molar-refractivity contribution is 5.90. The maximum absolute atomic E-state index is 12.1. The summed E-state index contributed by atoms with van der Waals surface area (Å²) in [5.74, 6) is 2.75. The van der Waals surface area contributed by atoms with Gasteiger partial charge >= 0.3 is 0 Å². The van der Waals surface area contributed by atoms with E-state index in [4.69, 9.17) is 33.2 Å². The number of rotatable bonds is 21. The van der Waals surface area contributed by atoms with Gasteiger partial charge in [0.05, 0.1) is 45.1 Å². The number of hydrogen-bond donors (Lipinski definition) is 0. The van der Waals surface area contributed by atoms with Gasteiger partial charge in [-0.15, -0.1) is 0 Å². The third-order valence-electron chi connectivity index (χ3n) is 19.4. The van der Waals surface area contributed by atoms with E-state index in [1.807, 2.05) is 34.3 Å². The van der Waals surface area contributed by atoms with Crippen LogP contribution in [0.5, 0.6) is 0 Å². The normalized spacial score (nSPS) is 20.9. The van der Waals surface area contributed by atoms with Crippen LogP contribution in [0.3, 0.4) is 0 Å². The van der Waals surface area contributed by atoms with Gasteiger partial charge in [-0.3, -0.25) is 33.6 Å². The van der Waals surface area contributed by atoms with E-state index in [2.05, 4.69) is 101 Å². The lowest BCUT2D eigenvalue weighted by atomic mass is 9.72. The van der Waals surface area contributed by atoms with Crippen LogP contribution < -0.4 is 0 Å². The van der Waals surface area contributed by atoms with E-state index in [9.17, 15) is 33.6 Å². The summed E-state index contributed by atoms with van der Waals surface area (Å²) >= 11 is 0. The molecule has 0 aromatic heterocycles. The van der Waals surface area contributed by atoms with E-state index < -0.39 is 0 Å². The van der Waals surface area contributed by atoms with Crippen molar-refractivity contribution in [3.63, 3.8) is 0 Å². The summed E-state index contributed by atoms with van der Waals surface area (Å²) in [6, 6.07) is 0.518. The van der Waals surface area contributed by atoms with Gasteiger partial charge in [-0.1, -0.05) is 120 Å². The fourth-order valence-electron chi connectivity index (χ4n) is 15.0. The van der Waals surface area contributed by atoms with Crippen molar-refractivity contribution in [3.8, 4) is 0 Å². The molecule has 5 unspecified atom stereocenters. The Morgan fingerprint density at radius 2 is 0.636 bits per heavy atom. The van der Waals surface area contributed by atoms with Crippen LogP contribution in [-0.2, 0) is 66.7 Å². The maximum atomic E-state index is 12.1. The van der Waals surface area contributed by atoms with Gasteiger partial charge in [0.1, 0.15) is 0 Å². The second-order valence-electron chi connectivity index (χ2n) is 28.6. The maximum Gasteiger partial charge on any atom is 0.246 e. The Morgan fingerprint density at radius 1 is 0.318 bits per heavy atom. The number of piperidine rings is 5. The highest BCUT2D eigenvalue weighted by atomic mass is 16.5. The second-order valence-corrected chi connectivity index (χ2v) is 28.6. The fraction of sp³-hybridized carbons (Fsp3) is 0.756. The van der Waals surface area contributed by atoms with Crippen molar-refractivity contribution >= 4 is 41.4 Å². The monoisotopic (exact) mass is 1530 g/mol. The predicted octanol–water partition coefficient (Wildman–Crippen LogP) is 16.4. The van der Waals surface area contributed by atoms with Crippen molar-refractivity contribution in [2.45, 2.75) is 254 Å². The molecule has 21 heteroatoms. The summed E-state index contributed by atoms with van der Waals surface area (Å²) in [4.78, 5) is 93.6. The number of nitrogens with zero attached hydrogens (tertiary/aromatic N) is 7. The van der Waals surface area contributed by atoms with Crippen LogP contribution in [0.4, 0.5) is 0 Å². The van der Waals surface area contributed by atoms with Crippen molar-refractivity contribution in [2.24, 2.45) is 29.6 Å².